The van der Waals surface area contributed by atoms with Crippen molar-refractivity contribution in [2.45, 2.75) is 91.1 Å². The first kappa shape index (κ1) is 34.4. The predicted molar refractivity (Wildman–Crippen MR) is 210 cm³/mol. The molecule has 0 spiro atoms. The molecule has 1 saturated carbocycles. The minimum atomic E-state index is 0.120. The van der Waals surface area contributed by atoms with Gasteiger partial charge in [-0.15, -0.1) is 0 Å². The maximum atomic E-state index is 7.04. The van der Waals surface area contributed by atoms with Crippen LogP contribution >= 0.6 is 0 Å². The largest absolute Gasteiger partial charge is 0.489 e. The summed E-state index contributed by atoms with van der Waals surface area (Å²) in [7, 11) is 0. The summed E-state index contributed by atoms with van der Waals surface area (Å²) in [5.74, 6) is 7.57. The number of fused-ring (bicyclic) bond motifs is 4. The third kappa shape index (κ3) is 7.09. The van der Waals surface area contributed by atoms with Crippen LogP contribution in [0.4, 0.5) is 0 Å². The summed E-state index contributed by atoms with van der Waals surface area (Å²) in [6.07, 6.45) is 29.7. The van der Waals surface area contributed by atoms with Crippen LogP contribution in [-0.4, -0.2) is 6.10 Å². The molecule has 1 fully saturated rings. The van der Waals surface area contributed by atoms with Crippen LogP contribution in [0.3, 0.4) is 0 Å². The molecule has 0 amide bonds. The molecule has 2 heteroatoms. The predicted octanol–water partition coefficient (Wildman–Crippen LogP) is 13.0. The molecule has 2 aromatic carbocycles. The Morgan fingerprint density at radius 1 is 1.00 bits per heavy atom. The number of rotatable bonds is 13. The van der Waals surface area contributed by atoms with Crippen molar-refractivity contribution in [2.24, 2.45) is 35.5 Å². The fourth-order valence-electron chi connectivity index (χ4n) is 9.25. The van der Waals surface area contributed by atoms with Crippen LogP contribution in [0.5, 0.6) is 5.75 Å². The maximum Gasteiger partial charge on any atom is 0.129 e. The van der Waals surface area contributed by atoms with Gasteiger partial charge in [0.1, 0.15) is 23.4 Å². The first-order valence-electron chi connectivity index (χ1n) is 19.3. The van der Waals surface area contributed by atoms with Gasteiger partial charge in [0, 0.05) is 29.4 Å². The van der Waals surface area contributed by atoms with E-state index in [9.17, 15) is 0 Å². The van der Waals surface area contributed by atoms with Crippen LogP contribution < -0.4 is 4.74 Å². The molecule has 1 aliphatic heterocycles. The minimum Gasteiger partial charge on any atom is -0.489 e. The van der Waals surface area contributed by atoms with Gasteiger partial charge < -0.3 is 9.15 Å². The van der Waals surface area contributed by atoms with E-state index in [1.807, 2.05) is 12.2 Å². The fourth-order valence-corrected chi connectivity index (χ4v) is 9.25. The van der Waals surface area contributed by atoms with E-state index in [2.05, 4.69) is 138 Å². The third-order valence-corrected chi connectivity index (χ3v) is 12.4. The Hall–Kier alpha value is -4.04. The van der Waals surface area contributed by atoms with Crippen molar-refractivity contribution < 1.29 is 9.15 Å². The molecule has 3 aliphatic carbocycles. The number of hydrogen-bond donors (Lipinski definition) is 0. The fraction of sp³-hybridized carbons (Fsp3) is 0.417. The Kier molecular flexibility index (Phi) is 10.4. The van der Waals surface area contributed by atoms with Crippen molar-refractivity contribution in [1.29, 1.82) is 0 Å². The zero-order valence-electron chi connectivity index (χ0n) is 30.9. The molecule has 4 aliphatic rings. The average Bonchev–Trinajstić information content (AvgIpc) is 3.85. The summed E-state index contributed by atoms with van der Waals surface area (Å²) in [6, 6.07) is 17.6. The summed E-state index contributed by atoms with van der Waals surface area (Å²) in [6.45, 7) is 15.4. The van der Waals surface area contributed by atoms with E-state index in [4.69, 9.17) is 9.15 Å². The van der Waals surface area contributed by atoms with Gasteiger partial charge in [-0.25, -0.2) is 0 Å². The zero-order valence-corrected chi connectivity index (χ0v) is 30.9. The van der Waals surface area contributed by atoms with Gasteiger partial charge in [-0.05, 0) is 122 Å². The quantitative estimate of drug-likeness (QED) is 0.170. The van der Waals surface area contributed by atoms with Crippen molar-refractivity contribution in [3.63, 3.8) is 0 Å². The first-order chi connectivity index (χ1) is 24.4. The molecule has 3 aromatic rings. The van der Waals surface area contributed by atoms with Gasteiger partial charge in [-0.1, -0.05) is 118 Å². The van der Waals surface area contributed by atoms with E-state index in [1.165, 1.54) is 71.3 Å². The first-order valence-corrected chi connectivity index (χ1v) is 19.3. The van der Waals surface area contributed by atoms with Crippen molar-refractivity contribution in [2.75, 3.05) is 0 Å². The maximum absolute atomic E-state index is 7.04. The summed E-state index contributed by atoms with van der Waals surface area (Å²) in [5, 5.41) is 0. The summed E-state index contributed by atoms with van der Waals surface area (Å²) < 4.78 is 13.9. The SMILES string of the molecule is C=C/C=C\C(=C/C)C(C)/C=C\c1oc2c(c1C)[C@@H](C(C)CC[C@H](CC1C=CC=CC1C)C1CC1)C1Oc3ccc(-c4ccccc4)cc3C1C2. The molecule has 2 heterocycles. The van der Waals surface area contributed by atoms with Crippen LogP contribution in [0.1, 0.15) is 99.8 Å². The van der Waals surface area contributed by atoms with Crippen LogP contribution in [0.25, 0.3) is 17.2 Å². The summed E-state index contributed by atoms with van der Waals surface area (Å²) >= 11 is 0. The van der Waals surface area contributed by atoms with Gasteiger partial charge in [-0.2, -0.15) is 0 Å². The van der Waals surface area contributed by atoms with Crippen LogP contribution in [0, 0.1) is 42.4 Å². The van der Waals surface area contributed by atoms with Gasteiger partial charge in [0.2, 0.25) is 0 Å². The smallest absolute Gasteiger partial charge is 0.129 e. The molecular weight excluding hydrogens is 609 g/mol. The van der Waals surface area contributed by atoms with E-state index >= 15 is 0 Å². The highest BCUT2D eigenvalue weighted by Crippen LogP contribution is 2.55. The zero-order chi connectivity index (χ0) is 34.8. The number of allylic oxidation sites excluding steroid dienone is 10. The molecule has 1 aromatic heterocycles. The highest BCUT2D eigenvalue weighted by atomic mass is 16.5. The molecule has 6 unspecified atom stereocenters. The van der Waals surface area contributed by atoms with Crippen molar-refractivity contribution in [3.05, 3.63) is 144 Å². The average molecular weight is 665 g/mol. The Balaban J connectivity index is 1.19. The molecule has 0 bridgehead atoms. The highest BCUT2D eigenvalue weighted by molar-refractivity contribution is 5.67. The topological polar surface area (TPSA) is 22.4 Å². The lowest BCUT2D eigenvalue weighted by molar-refractivity contribution is 0.122. The molecule has 0 radical (unpaired) electrons. The van der Waals surface area contributed by atoms with Crippen molar-refractivity contribution >= 4 is 6.08 Å². The number of hydrogen-bond acceptors (Lipinski definition) is 2. The standard InChI is InChI=1S/C48H56O2/c1-7-9-16-35(8-2)32(4)21-26-43-34(6)47-45(49-43)30-42-41-29-40(36-17-11-10-12-18-36)25-27-44(41)50-48(42)46(47)33(5)20-22-39(37-23-24-37)28-38-19-14-13-15-31(38)3/h7-19,21,25-27,29,31-33,37-39,42,46,48H,1,20,22-24,28,30H2,2-6H3/b16-9-,26-21-,35-8+/t31?,32?,33?,38?,39-,42?,46-,48?/m1/s1. The number of furan rings is 1. The van der Waals surface area contributed by atoms with Crippen molar-refractivity contribution in [1.82, 2.24) is 0 Å². The Labute approximate surface area is 301 Å². The molecule has 7 rings (SSSR count). The molecule has 0 N–H and O–H groups in total. The van der Waals surface area contributed by atoms with E-state index in [0.29, 0.717) is 17.8 Å². The second kappa shape index (κ2) is 15.1. The lowest BCUT2D eigenvalue weighted by Gasteiger charge is -2.37. The molecule has 0 saturated heterocycles. The van der Waals surface area contributed by atoms with Crippen LogP contribution in [0.15, 0.2) is 120 Å². The van der Waals surface area contributed by atoms with Crippen LogP contribution in [-0.2, 0) is 6.42 Å². The lowest BCUT2D eigenvalue weighted by atomic mass is 9.68. The van der Waals surface area contributed by atoms with E-state index in [-0.39, 0.29) is 23.9 Å². The highest BCUT2D eigenvalue weighted by Gasteiger charge is 2.49. The summed E-state index contributed by atoms with van der Waals surface area (Å²) in [5.41, 5.74) is 7.83. The normalized spacial score (nSPS) is 26.0. The van der Waals surface area contributed by atoms with Crippen molar-refractivity contribution in [3.8, 4) is 16.9 Å². The molecule has 2 nitrogen and oxygen atoms in total. The van der Waals surface area contributed by atoms with E-state index in [1.54, 1.807) is 0 Å². The Morgan fingerprint density at radius 3 is 2.54 bits per heavy atom. The monoisotopic (exact) mass is 664 g/mol. The molecule has 50 heavy (non-hydrogen) atoms. The minimum absolute atomic E-state index is 0.120. The third-order valence-electron chi connectivity index (χ3n) is 12.4. The number of ether oxygens (including phenoxy) is 1. The molecule has 260 valence electrons. The van der Waals surface area contributed by atoms with Gasteiger partial charge in [0.15, 0.2) is 0 Å². The van der Waals surface area contributed by atoms with E-state index < -0.39 is 0 Å². The number of benzene rings is 2. The van der Waals surface area contributed by atoms with E-state index in [0.717, 1.165) is 29.8 Å². The molecular formula is C48H56O2. The lowest BCUT2D eigenvalue weighted by Crippen LogP contribution is -2.36. The van der Waals surface area contributed by atoms with Gasteiger partial charge in [0.25, 0.3) is 0 Å². The van der Waals surface area contributed by atoms with Gasteiger partial charge in [-0.3, -0.25) is 0 Å². The summed E-state index contributed by atoms with van der Waals surface area (Å²) in [4.78, 5) is 0. The Morgan fingerprint density at radius 2 is 1.80 bits per heavy atom. The van der Waals surface area contributed by atoms with Crippen LogP contribution in [0.2, 0.25) is 0 Å². The second-order valence-corrected chi connectivity index (χ2v) is 15.7. The molecule has 8 atom stereocenters. The Bertz CT molecular complexity index is 1810. The second-order valence-electron chi connectivity index (χ2n) is 15.7. The van der Waals surface area contributed by atoms with Gasteiger partial charge in [0.05, 0.1) is 0 Å². The van der Waals surface area contributed by atoms with Gasteiger partial charge >= 0.3 is 0 Å².